The van der Waals surface area contributed by atoms with Gasteiger partial charge in [0.05, 0.1) is 31.5 Å². The molecule has 0 aromatic carbocycles. The lowest BCUT2D eigenvalue weighted by Crippen LogP contribution is -2.67. The molecule has 3 aliphatic heterocycles. The molecule has 3 heterocycles. The molecule has 17 heteroatoms. The summed E-state index contributed by atoms with van der Waals surface area (Å²) in [5.41, 5.74) is 2.04. The number of alkyl carbamates (subject to hydrolysis) is 1. The van der Waals surface area contributed by atoms with Gasteiger partial charge in [0.1, 0.15) is 54.9 Å². The highest BCUT2D eigenvalue weighted by Crippen LogP contribution is 2.67. The van der Waals surface area contributed by atoms with Crippen LogP contribution in [0.15, 0.2) is 11.6 Å². The summed E-state index contributed by atoms with van der Waals surface area (Å²) in [6.07, 6.45) is -0.899. The molecule has 402 valence electrons. The van der Waals surface area contributed by atoms with Gasteiger partial charge in [0.15, 0.2) is 18.9 Å². The Labute approximate surface area is 416 Å². The van der Waals surface area contributed by atoms with E-state index in [9.17, 15) is 40.2 Å². The molecular formula is C53H90N2O15. The minimum Gasteiger partial charge on any atom is -0.446 e. The molecule has 17 nitrogen and oxygen atoms in total. The van der Waals surface area contributed by atoms with E-state index in [1.807, 2.05) is 13.8 Å². The fourth-order valence-corrected chi connectivity index (χ4v) is 14.4. The SMILES string of the molecule is CCC1OC(OCCCNC(=O)OC2CCC3(C)C(=CCC4C3CCC3(C)C(C(C)CCCC(C)C)CCC43)C2)C(OC2OC(C)C(O)C(O)C2O)C(OC2OC(CO)C(O)C(O)C2NC(C)=O)C1C. The number of fused-ring (bicyclic) bond motifs is 5. The summed E-state index contributed by atoms with van der Waals surface area (Å²) >= 11 is 0. The third kappa shape index (κ3) is 11.8. The van der Waals surface area contributed by atoms with E-state index in [2.05, 4.69) is 51.3 Å². The van der Waals surface area contributed by atoms with Crippen LogP contribution in [0.3, 0.4) is 0 Å². The van der Waals surface area contributed by atoms with Crippen LogP contribution in [0, 0.1) is 52.3 Å². The molecule has 6 fully saturated rings. The van der Waals surface area contributed by atoms with Gasteiger partial charge in [0.2, 0.25) is 5.91 Å². The average molecular weight is 995 g/mol. The van der Waals surface area contributed by atoms with Crippen molar-refractivity contribution < 1.29 is 73.4 Å². The zero-order valence-electron chi connectivity index (χ0n) is 43.5. The number of hydrogen-bond acceptors (Lipinski definition) is 15. The van der Waals surface area contributed by atoms with Crippen LogP contribution >= 0.6 is 0 Å². The fraction of sp³-hybridized carbons (Fsp3) is 0.925. The van der Waals surface area contributed by atoms with Gasteiger partial charge in [-0.2, -0.15) is 0 Å². The maximum Gasteiger partial charge on any atom is 0.407 e. The molecule has 0 aromatic rings. The van der Waals surface area contributed by atoms with Crippen LogP contribution in [-0.4, -0.2) is 154 Å². The van der Waals surface area contributed by atoms with Crippen molar-refractivity contribution >= 4 is 12.0 Å². The molecule has 3 saturated carbocycles. The predicted octanol–water partition coefficient (Wildman–Crippen LogP) is 4.84. The third-order valence-corrected chi connectivity index (χ3v) is 18.5. The predicted molar refractivity (Wildman–Crippen MR) is 257 cm³/mol. The number of allylic oxidation sites excluding steroid dienone is 1. The molecule has 7 aliphatic rings. The highest BCUT2D eigenvalue weighted by atomic mass is 16.8. The average Bonchev–Trinajstić information content (AvgIpc) is 3.68. The zero-order valence-corrected chi connectivity index (χ0v) is 43.5. The molecule has 23 unspecified atom stereocenters. The number of carbonyl (C=O) groups is 2. The topological polar surface area (TPSA) is 244 Å². The first kappa shape index (κ1) is 55.7. The van der Waals surface area contributed by atoms with Gasteiger partial charge in [-0.3, -0.25) is 4.79 Å². The Bertz CT molecular complexity index is 1760. The molecule has 8 N–H and O–H groups in total. The van der Waals surface area contributed by atoms with Crippen LogP contribution < -0.4 is 10.6 Å². The van der Waals surface area contributed by atoms with Crippen LogP contribution in [0.2, 0.25) is 0 Å². The lowest BCUT2D eigenvalue weighted by molar-refractivity contribution is -0.378. The van der Waals surface area contributed by atoms with Crippen LogP contribution in [0.4, 0.5) is 4.79 Å². The molecule has 4 aliphatic carbocycles. The Morgan fingerprint density at radius 2 is 1.54 bits per heavy atom. The van der Waals surface area contributed by atoms with Crippen LogP contribution in [0.5, 0.6) is 0 Å². The summed E-state index contributed by atoms with van der Waals surface area (Å²) in [6, 6.07) is -1.26. The van der Waals surface area contributed by atoms with Gasteiger partial charge in [0.25, 0.3) is 0 Å². The van der Waals surface area contributed by atoms with Crippen LogP contribution in [0.1, 0.15) is 146 Å². The fourth-order valence-electron chi connectivity index (χ4n) is 14.4. The van der Waals surface area contributed by atoms with Crippen molar-refractivity contribution in [1.29, 1.82) is 0 Å². The van der Waals surface area contributed by atoms with Crippen molar-refractivity contribution in [3.05, 3.63) is 11.6 Å². The van der Waals surface area contributed by atoms with Gasteiger partial charge >= 0.3 is 6.09 Å². The molecule has 3 saturated heterocycles. The minimum absolute atomic E-state index is 0.0785. The van der Waals surface area contributed by atoms with Gasteiger partial charge in [-0.1, -0.05) is 79.4 Å². The first-order valence-electron chi connectivity index (χ1n) is 27.0. The quantitative estimate of drug-likeness (QED) is 0.0677. The third-order valence-electron chi connectivity index (χ3n) is 18.5. The maximum absolute atomic E-state index is 13.3. The van der Waals surface area contributed by atoms with Gasteiger partial charge in [-0.25, -0.2) is 4.79 Å². The Hall–Kier alpha value is -2.00. The molecular weight excluding hydrogens is 905 g/mol. The number of nitrogens with one attached hydrogen (secondary N) is 2. The summed E-state index contributed by atoms with van der Waals surface area (Å²) in [7, 11) is 0. The molecule has 0 radical (unpaired) electrons. The first-order chi connectivity index (χ1) is 33.2. The number of aliphatic hydroxyl groups is 6. The van der Waals surface area contributed by atoms with Gasteiger partial charge < -0.3 is 74.4 Å². The van der Waals surface area contributed by atoms with Crippen LogP contribution in [0.25, 0.3) is 0 Å². The second-order valence-corrected chi connectivity index (χ2v) is 23.3. The number of carbonyl (C=O) groups excluding carboxylic acids is 2. The zero-order chi connectivity index (χ0) is 50.8. The molecule has 0 bridgehead atoms. The molecule has 7 rings (SSSR count). The number of ether oxygens (including phenoxy) is 7. The maximum atomic E-state index is 13.3. The van der Waals surface area contributed by atoms with Crippen molar-refractivity contribution in [2.24, 2.45) is 52.3 Å². The van der Waals surface area contributed by atoms with E-state index in [0.717, 1.165) is 55.3 Å². The molecule has 0 aromatic heterocycles. The Morgan fingerprint density at radius 1 is 0.814 bits per heavy atom. The lowest BCUT2D eigenvalue weighted by Gasteiger charge is -2.58. The monoisotopic (exact) mass is 995 g/mol. The summed E-state index contributed by atoms with van der Waals surface area (Å²) in [4.78, 5) is 25.6. The minimum atomic E-state index is -1.68. The van der Waals surface area contributed by atoms with E-state index in [4.69, 9.17) is 33.2 Å². The first-order valence-corrected chi connectivity index (χ1v) is 27.0. The van der Waals surface area contributed by atoms with E-state index < -0.39 is 110 Å². The lowest BCUT2D eigenvalue weighted by atomic mass is 9.47. The summed E-state index contributed by atoms with van der Waals surface area (Å²) < 4.78 is 43.5. The standard InChI is InChI=1S/C53H90N2O15/c1-10-38-29(5)46(69-48-40(55-31(7)57)43(60)42(59)39(26-56)68-48)47(70-49-45(62)44(61)41(58)30(6)65-49)50(67-38)64-24-12-23-54-51(63)66-33-19-21-52(8)32(25-33)15-16-34-36-18-17-35(28(4)14-11-13-27(2)3)53(36,9)22-20-37(34)52/h15,27-30,33-50,56,58-62H,10-14,16-26H2,1-9H3,(H,54,63)(H,55,57). The van der Waals surface area contributed by atoms with Crippen molar-refractivity contribution in [1.82, 2.24) is 10.6 Å². The van der Waals surface area contributed by atoms with Crippen molar-refractivity contribution in [2.75, 3.05) is 19.8 Å². The van der Waals surface area contributed by atoms with E-state index in [1.54, 1.807) is 0 Å². The smallest absolute Gasteiger partial charge is 0.407 e. The Balaban J connectivity index is 0.950. The Kier molecular flexibility index (Phi) is 18.9. The van der Waals surface area contributed by atoms with Crippen molar-refractivity contribution in [2.45, 2.75) is 238 Å². The van der Waals surface area contributed by atoms with Gasteiger partial charge in [-0.15, -0.1) is 0 Å². The van der Waals surface area contributed by atoms with Gasteiger partial charge in [0, 0.05) is 25.8 Å². The second-order valence-electron chi connectivity index (χ2n) is 23.3. The van der Waals surface area contributed by atoms with E-state index in [-0.39, 0.29) is 24.7 Å². The van der Waals surface area contributed by atoms with E-state index in [1.165, 1.54) is 64.4 Å². The summed E-state index contributed by atoms with van der Waals surface area (Å²) in [5, 5.41) is 69.3. The second kappa shape index (κ2) is 23.7. The number of hydrogen-bond donors (Lipinski definition) is 8. The van der Waals surface area contributed by atoms with Crippen LogP contribution in [-0.2, 0) is 38.0 Å². The summed E-state index contributed by atoms with van der Waals surface area (Å²) in [5.74, 6) is 3.57. The number of rotatable bonds is 18. The number of amides is 2. The molecule has 2 amide bonds. The van der Waals surface area contributed by atoms with Crippen molar-refractivity contribution in [3.8, 4) is 0 Å². The highest BCUT2D eigenvalue weighted by Gasteiger charge is 2.60. The molecule has 0 spiro atoms. The van der Waals surface area contributed by atoms with Gasteiger partial charge in [-0.05, 0) is 111 Å². The van der Waals surface area contributed by atoms with E-state index >= 15 is 0 Å². The van der Waals surface area contributed by atoms with Crippen molar-refractivity contribution in [3.63, 3.8) is 0 Å². The molecule has 70 heavy (non-hydrogen) atoms. The number of aliphatic hydroxyl groups excluding tert-OH is 6. The highest BCUT2D eigenvalue weighted by molar-refractivity contribution is 5.73. The molecule has 23 atom stereocenters. The Morgan fingerprint density at radius 3 is 2.24 bits per heavy atom. The largest absolute Gasteiger partial charge is 0.446 e. The van der Waals surface area contributed by atoms with E-state index in [0.29, 0.717) is 24.2 Å². The normalized spacial score (nSPS) is 45.5. The summed E-state index contributed by atoms with van der Waals surface area (Å²) in [6.45, 7) is 18.5.